The molecule has 3 aromatic carbocycles. The average molecular weight is 523 g/mol. The van der Waals surface area contributed by atoms with Crippen LogP contribution in [0.5, 0.6) is 0 Å². The Balaban J connectivity index is 1.52. The molecule has 194 valence electrons. The van der Waals surface area contributed by atoms with Crippen LogP contribution in [0.4, 0.5) is 13.2 Å². The summed E-state index contributed by atoms with van der Waals surface area (Å²) < 4.78 is 43.4. The second-order valence-electron chi connectivity index (χ2n) is 10.2. The van der Waals surface area contributed by atoms with Gasteiger partial charge in [-0.15, -0.1) is 0 Å². The van der Waals surface area contributed by atoms with Crippen molar-refractivity contribution < 1.29 is 17.7 Å². The lowest BCUT2D eigenvalue weighted by atomic mass is 9.97. The number of benzene rings is 3. The lowest BCUT2D eigenvalue weighted by Gasteiger charge is -2.12. The topological polar surface area (TPSA) is 21.7 Å². The van der Waals surface area contributed by atoms with Crippen molar-refractivity contribution in [1.82, 2.24) is 9.55 Å². The van der Waals surface area contributed by atoms with Gasteiger partial charge in [-0.1, -0.05) is 35.9 Å². The number of aromatic nitrogens is 3. The lowest BCUT2D eigenvalue weighted by Crippen LogP contribution is -2.30. The van der Waals surface area contributed by atoms with E-state index in [0.717, 1.165) is 56.4 Å². The van der Waals surface area contributed by atoms with Gasteiger partial charge in [0.15, 0.2) is 6.20 Å². The average Bonchev–Trinajstić information content (AvgIpc) is 3.23. The van der Waals surface area contributed by atoms with E-state index in [2.05, 4.69) is 66.3 Å². The van der Waals surface area contributed by atoms with E-state index in [1.165, 1.54) is 34.4 Å². The van der Waals surface area contributed by atoms with Crippen molar-refractivity contribution >= 4 is 21.8 Å². The van der Waals surface area contributed by atoms with E-state index in [4.69, 9.17) is 0 Å². The minimum Gasteiger partial charge on any atom is -0.309 e. The Labute approximate surface area is 224 Å². The summed E-state index contributed by atoms with van der Waals surface area (Å²) >= 11 is 0. The molecule has 0 radical (unpaired) electrons. The third kappa shape index (κ3) is 4.26. The number of halogens is 3. The van der Waals surface area contributed by atoms with E-state index in [0.29, 0.717) is 0 Å². The van der Waals surface area contributed by atoms with E-state index in [-0.39, 0.29) is 0 Å². The van der Waals surface area contributed by atoms with E-state index in [1.807, 2.05) is 36.5 Å². The van der Waals surface area contributed by atoms with Crippen molar-refractivity contribution in [2.24, 2.45) is 7.05 Å². The van der Waals surface area contributed by atoms with Crippen molar-refractivity contribution in [2.45, 2.75) is 26.9 Å². The summed E-state index contributed by atoms with van der Waals surface area (Å²) in [6.45, 7) is 6.42. The van der Waals surface area contributed by atoms with Crippen LogP contribution in [0.1, 0.15) is 22.3 Å². The van der Waals surface area contributed by atoms with Crippen molar-refractivity contribution in [1.29, 1.82) is 0 Å². The molecule has 0 unspecified atom stereocenters. The molecule has 0 atom stereocenters. The standard InChI is InChI=1S/C33H27F3N3/c1-20-15-21(2)22(3)27(16-20)31-17-32-29(19-38(31)4)28-18-37-14-13-30(28)39(32)26-11-7-24(8-12-26)23-5-9-25(10-6-23)33(34,35)36/h5-19H,1-4H3/q+1. The van der Waals surface area contributed by atoms with Gasteiger partial charge in [-0.05, 0) is 79.4 Å². The Morgan fingerprint density at radius 3 is 2.10 bits per heavy atom. The van der Waals surface area contributed by atoms with Gasteiger partial charge in [0, 0.05) is 35.1 Å². The third-order valence-electron chi connectivity index (χ3n) is 7.58. The largest absolute Gasteiger partial charge is 0.416 e. The first-order valence-corrected chi connectivity index (χ1v) is 12.8. The highest BCUT2D eigenvalue weighted by atomic mass is 19.4. The molecular weight excluding hydrogens is 495 g/mol. The Morgan fingerprint density at radius 1 is 0.769 bits per heavy atom. The first kappa shape index (κ1) is 24.9. The molecule has 0 amide bonds. The number of rotatable bonds is 3. The summed E-state index contributed by atoms with van der Waals surface area (Å²) in [7, 11) is 2.07. The van der Waals surface area contributed by atoms with Gasteiger partial charge >= 0.3 is 6.18 Å². The van der Waals surface area contributed by atoms with Crippen LogP contribution < -0.4 is 4.57 Å². The molecular formula is C33H27F3N3+. The smallest absolute Gasteiger partial charge is 0.309 e. The van der Waals surface area contributed by atoms with Crippen LogP contribution in [0.25, 0.3) is 49.9 Å². The molecule has 0 fully saturated rings. The molecule has 0 saturated heterocycles. The second-order valence-corrected chi connectivity index (χ2v) is 10.2. The number of hydrogen-bond acceptors (Lipinski definition) is 1. The molecule has 0 aliphatic rings. The summed E-state index contributed by atoms with van der Waals surface area (Å²) in [5.74, 6) is 0. The summed E-state index contributed by atoms with van der Waals surface area (Å²) in [5, 5.41) is 2.15. The first-order chi connectivity index (χ1) is 18.6. The van der Waals surface area contributed by atoms with Gasteiger partial charge in [-0.3, -0.25) is 4.98 Å². The number of pyridine rings is 2. The summed E-state index contributed by atoms with van der Waals surface area (Å²) in [6.07, 6.45) is 1.51. The molecule has 0 aliphatic heterocycles. The maximum Gasteiger partial charge on any atom is 0.416 e. The molecule has 0 N–H and O–H groups in total. The first-order valence-electron chi connectivity index (χ1n) is 12.8. The van der Waals surface area contributed by atoms with Gasteiger partial charge in [0.2, 0.25) is 5.69 Å². The zero-order valence-corrected chi connectivity index (χ0v) is 22.1. The van der Waals surface area contributed by atoms with Gasteiger partial charge in [0.1, 0.15) is 7.05 Å². The van der Waals surface area contributed by atoms with E-state index in [9.17, 15) is 13.2 Å². The van der Waals surface area contributed by atoms with Gasteiger partial charge in [-0.25, -0.2) is 4.57 Å². The third-order valence-corrected chi connectivity index (χ3v) is 7.58. The predicted octanol–water partition coefficient (Wildman–Crippen LogP) is 8.28. The fourth-order valence-corrected chi connectivity index (χ4v) is 5.46. The molecule has 0 bridgehead atoms. The molecule has 3 heterocycles. The van der Waals surface area contributed by atoms with Crippen molar-refractivity contribution in [3.8, 4) is 28.1 Å². The second kappa shape index (κ2) is 9.09. The van der Waals surface area contributed by atoms with Crippen LogP contribution in [-0.4, -0.2) is 9.55 Å². The SMILES string of the molecule is Cc1cc(C)c(C)c(-c2cc3c(c[n+]2C)c2cnccc2n3-c2ccc(-c3ccc(C(F)(F)F)cc3)cc2)c1. The summed E-state index contributed by atoms with van der Waals surface area (Å²) in [4.78, 5) is 4.39. The minimum atomic E-state index is -4.35. The van der Waals surface area contributed by atoms with Gasteiger partial charge < -0.3 is 4.57 Å². The van der Waals surface area contributed by atoms with Crippen molar-refractivity contribution in [3.63, 3.8) is 0 Å². The van der Waals surface area contributed by atoms with Gasteiger partial charge in [-0.2, -0.15) is 13.2 Å². The zero-order valence-electron chi connectivity index (χ0n) is 22.1. The maximum absolute atomic E-state index is 13.0. The lowest BCUT2D eigenvalue weighted by molar-refractivity contribution is -0.659. The van der Waals surface area contributed by atoms with E-state index >= 15 is 0 Å². The Hall–Kier alpha value is -4.45. The Morgan fingerprint density at radius 2 is 1.44 bits per heavy atom. The Kier molecular flexibility index (Phi) is 5.79. The molecule has 39 heavy (non-hydrogen) atoms. The van der Waals surface area contributed by atoms with Crippen LogP contribution in [0.3, 0.4) is 0 Å². The Bertz CT molecular complexity index is 1860. The molecule has 0 spiro atoms. The van der Waals surface area contributed by atoms with Crippen molar-refractivity contribution in [2.75, 3.05) is 0 Å². The van der Waals surface area contributed by atoms with Crippen LogP contribution in [0.2, 0.25) is 0 Å². The van der Waals surface area contributed by atoms with Crippen LogP contribution >= 0.6 is 0 Å². The van der Waals surface area contributed by atoms with Crippen LogP contribution in [0, 0.1) is 20.8 Å². The highest BCUT2D eigenvalue weighted by Gasteiger charge is 2.30. The fraction of sp³-hybridized carbons (Fsp3) is 0.152. The number of fused-ring (bicyclic) bond motifs is 3. The van der Waals surface area contributed by atoms with E-state index < -0.39 is 11.7 Å². The summed E-state index contributed by atoms with van der Waals surface area (Å²) in [5.41, 5.74) is 10.1. The fourth-order valence-electron chi connectivity index (χ4n) is 5.46. The molecule has 3 nitrogen and oxygen atoms in total. The van der Waals surface area contributed by atoms with Crippen LogP contribution in [-0.2, 0) is 13.2 Å². The monoisotopic (exact) mass is 522 g/mol. The van der Waals surface area contributed by atoms with Gasteiger partial charge in [0.25, 0.3) is 0 Å². The van der Waals surface area contributed by atoms with E-state index in [1.54, 1.807) is 6.20 Å². The molecule has 6 aromatic rings. The molecule has 3 aromatic heterocycles. The number of hydrogen-bond donors (Lipinski definition) is 0. The zero-order chi connectivity index (χ0) is 27.5. The normalized spacial score (nSPS) is 12.0. The maximum atomic E-state index is 13.0. The molecule has 6 rings (SSSR count). The number of nitrogens with zero attached hydrogens (tertiary/aromatic N) is 3. The van der Waals surface area contributed by atoms with Crippen molar-refractivity contribution in [3.05, 3.63) is 114 Å². The quantitative estimate of drug-likeness (QED) is 0.214. The molecule has 6 heteroatoms. The molecule has 0 aliphatic carbocycles. The van der Waals surface area contributed by atoms with Crippen LogP contribution in [0.15, 0.2) is 91.4 Å². The highest BCUT2D eigenvalue weighted by Crippen LogP contribution is 2.35. The summed E-state index contributed by atoms with van der Waals surface area (Å²) in [6, 6.07) is 21.9. The molecule has 0 saturated carbocycles. The minimum absolute atomic E-state index is 0.648. The highest BCUT2D eigenvalue weighted by molar-refractivity contribution is 6.08. The van der Waals surface area contributed by atoms with Gasteiger partial charge in [0.05, 0.1) is 22.0 Å². The number of aryl methyl sites for hydroxylation is 3. The predicted molar refractivity (Wildman–Crippen MR) is 150 cm³/mol. The number of alkyl halides is 3.